The van der Waals surface area contributed by atoms with Crippen molar-refractivity contribution < 1.29 is 32.7 Å². The first kappa shape index (κ1) is 15.0. The van der Waals surface area contributed by atoms with E-state index in [1.165, 1.54) is 7.11 Å². The molecule has 0 amide bonds. The predicted molar refractivity (Wildman–Crippen MR) is 56.5 cm³/mol. The first-order chi connectivity index (χ1) is 7.95. The first-order valence-electron chi connectivity index (χ1n) is 5.17. The van der Waals surface area contributed by atoms with Crippen LogP contribution in [0.4, 0.5) is 0 Å². The summed E-state index contributed by atoms with van der Waals surface area (Å²) in [5.74, 6) is 0. The normalized spacial score (nSPS) is 37.0. The van der Waals surface area contributed by atoms with Crippen molar-refractivity contribution in [3.63, 3.8) is 0 Å². The van der Waals surface area contributed by atoms with Gasteiger partial charge in [-0.2, -0.15) is 0 Å². The minimum Gasteiger partial charge on any atom is -0.756 e. The molecular formula is C9H18O7P-. The molecule has 102 valence electrons. The highest BCUT2D eigenvalue weighted by Gasteiger charge is 2.43. The summed E-state index contributed by atoms with van der Waals surface area (Å²) < 4.78 is 35.9. The molecule has 0 aromatic rings. The van der Waals surface area contributed by atoms with Gasteiger partial charge >= 0.3 is 0 Å². The van der Waals surface area contributed by atoms with Crippen molar-refractivity contribution in [3.05, 3.63) is 0 Å². The highest BCUT2D eigenvalue weighted by Crippen LogP contribution is 2.38. The molecule has 1 saturated heterocycles. The van der Waals surface area contributed by atoms with Gasteiger partial charge in [0.25, 0.3) is 7.82 Å². The van der Waals surface area contributed by atoms with Crippen molar-refractivity contribution in [2.45, 2.75) is 31.3 Å². The molecular weight excluding hydrogens is 251 g/mol. The van der Waals surface area contributed by atoms with E-state index in [2.05, 4.69) is 9.05 Å². The fourth-order valence-corrected chi connectivity index (χ4v) is 2.31. The molecule has 17 heavy (non-hydrogen) atoms. The Morgan fingerprint density at radius 3 is 2.29 bits per heavy atom. The van der Waals surface area contributed by atoms with Crippen LogP contribution in [0.25, 0.3) is 0 Å². The second-order valence-corrected chi connectivity index (χ2v) is 5.22. The van der Waals surface area contributed by atoms with Crippen LogP contribution in [0, 0.1) is 0 Å². The maximum atomic E-state index is 11.0. The van der Waals surface area contributed by atoms with Crippen LogP contribution in [0.2, 0.25) is 0 Å². The molecule has 0 bridgehead atoms. The molecule has 0 aliphatic carbocycles. The molecule has 7 nitrogen and oxygen atoms in total. The van der Waals surface area contributed by atoms with Gasteiger partial charge in [-0.15, -0.1) is 0 Å². The van der Waals surface area contributed by atoms with Gasteiger partial charge in [0, 0.05) is 21.3 Å². The Kier molecular flexibility index (Phi) is 5.53. The summed E-state index contributed by atoms with van der Waals surface area (Å²) in [7, 11) is -0.137. The van der Waals surface area contributed by atoms with E-state index in [9.17, 15) is 9.46 Å². The SMILES string of the molecule is COC1[C@@H](COP(=O)([O-])OC)O[C@@H](C)[C@H]1OC. The van der Waals surface area contributed by atoms with Crippen LogP contribution in [0.15, 0.2) is 0 Å². The van der Waals surface area contributed by atoms with Crippen LogP contribution >= 0.6 is 7.82 Å². The molecule has 0 N–H and O–H groups in total. The molecule has 1 aliphatic rings. The van der Waals surface area contributed by atoms with Gasteiger partial charge in [0.1, 0.15) is 18.3 Å². The zero-order valence-corrected chi connectivity index (χ0v) is 11.2. The monoisotopic (exact) mass is 269 g/mol. The van der Waals surface area contributed by atoms with E-state index >= 15 is 0 Å². The Hall–Kier alpha value is -0.0100. The number of hydrogen-bond donors (Lipinski definition) is 0. The van der Waals surface area contributed by atoms with Crippen molar-refractivity contribution in [3.8, 4) is 0 Å². The van der Waals surface area contributed by atoms with E-state index < -0.39 is 13.9 Å². The Labute approximate surface area is 101 Å². The second kappa shape index (κ2) is 6.24. The van der Waals surface area contributed by atoms with Gasteiger partial charge in [-0.25, -0.2) is 0 Å². The summed E-state index contributed by atoms with van der Waals surface area (Å²) in [4.78, 5) is 11.0. The largest absolute Gasteiger partial charge is 0.756 e. The number of hydrogen-bond acceptors (Lipinski definition) is 7. The molecule has 0 aromatic carbocycles. The van der Waals surface area contributed by atoms with Crippen molar-refractivity contribution in [2.75, 3.05) is 27.9 Å². The Bertz CT molecular complexity index is 285. The van der Waals surface area contributed by atoms with E-state index in [0.717, 1.165) is 7.11 Å². The van der Waals surface area contributed by atoms with Gasteiger partial charge in [0.2, 0.25) is 0 Å². The third-order valence-electron chi connectivity index (χ3n) is 2.71. The number of rotatable bonds is 6. The van der Waals surface area contributed by atoms with Crippen LogP contribution in [0.1, 0.15) is 6.92 Å². The predicted octanol–water partition coefficient (Wildman–Crippen LogP) is -0.0649. The van der Waals surface area contributed by atoms with Crippen LogP contribution in [0.5, 0.6) is 0 Å². The molecule has 0 aromatic heterocycles. The summed E-state index contributed by atoms with van der Waals surface area (Å²) >= 11 is 0. The van der Waals surface area contributed by atoms with Gasteiger partial charge in [-0.05, 0) is 6.92 Å². The molecule has 5 atom stereocenters. The average Bonchev–Trinajstić information content (AvgIpc) is 2.62. The molecule has 2 unspecified atom stereocenters. The van der Waals surface area contributed by atoms with Crippen molar-refractivity contribution >= 4 is 7.82 Å². The lowest BCUT2D eigenvalue weighted by atomic mass is 10.1. The molecule has 0 saturated carbocycles. The van der Waals surface area contributed by atoms with Crippen molar-refractivity contribution in [2.24, 2.45) is 0 Å². The molecule has 1 aliphatic heterocycles. The Morgan fingerprint density at radius 1 is 1.24 bits per heavy atom. The molecule has 8 heteroatoms. The minimum absolute atomic E-state index is 0.155. The Morgan fingerprint density at radius 2 is 1.82 bits per heavy atom. The highest BCUT2D eigenvalue weighted by atomic mass is 31.2. The maximum Gasteiger partial charge on any atom is 0.267 e. The van der Waals surface area contributed by atoms with Crippen LogP contribution in [0.3, 0.4) is 0 Å². The summed E-state index contributed by atoms with van der Waals surface area (Å²) in [5, 5.41) is 0. The smallest absolute Gasteiger partial charge is 0.267 e. The zero-order chi connectivity index (χ0) is 13.1. The summed E-state index contributed by atoms with van der Waals surface area (Å²) in [6, 6.07) is 0. The topological polar surface area (TPSA) is 86.3 Å². The van der Waals surface area contributed by atoms with Gasteiger partial charge in [-0.3, -0.25) is 4.57 Å². The maximum absolute atomic E-state index is 11.0. The van der Waals surface area contributed by atoms with E-state index in [1.807, 2.05) is 6.92 Å². The highest BCUT2D eigenvalue weighted by molar-refractivity contribution is 7.45. The van der Waals surface area contributed by atoms with E-state index in [4.69, 9.17) is 14.2 Å². The lowest BCUT2D eigenvalue weighted by Crippen LogP contribution is -2.37. The van der Waals surface area contributed by atoms with E-state index in [0.29, 0.717) is 0 Å². The van der Waals surface area contributed by atoms with Gasteiger partial charge in [-0.1, -0.05) is 0 Å². The standard InChI is InChI=1S/C9H19O7P/c1-6-8(12-2)9(13-3)7(16-6)5-15-17(10,11)14-4/h6-9H,5H2,1-4H3,(H,10,11)/p-1/t6-,7+,8+,9?/m0/s1. The number of methoxy groups -OCH3 is 2. The van der Waals surface area contributed by atoms with Crippen molar-refractivity contribution in [1.29, 1.82) is 0 Å². The van der Waals surface area contributed by atoms with Crippen LogP contribution < -0.4 is 4.89 Å². The molecule has 0 spiro atoms. The molecule has 1 fully saturated rings. The fourth-order valence-electron chi connectivity index (χ4n) is 1.87. The molecule has 0 radical (unpaired) electrons. The first-order valence-corrected chi connectivity index (χ1v) is 6.63. The Balaban J connectivity index is 2.57. The zero-order valence-electron chi connectivity index (χ0n) is 10.3. The minimum atomic E-state index is -4.24. The fraction of sp³-hybridized carbons (Fsp3) is 1.00. The van der Waals surface area contributed by atoms with Gasteiger partial charge in [0.15, 0.2) is 0 Å². The van der Waals surface area contributed by atoms with E-state index in [1.54, 1.807) is 7.11 Å². The van der Waals surface area contributed by atoms with Gasteiger partial charge in [0.05, 0.1) is 12.7 Å². The average molecular weight is 269 g/mol. The summed E-state index contributed by atoms with van der Waals surface area (Å²) in [5.41, 5.74) is 0. The van der Waals surface area contributed by atoms with Gasteiger partial charge < -0.3 is 28.2 Å². The third kappa shape index (κ3) is 3.72. The third-order valence-corrected chi connectivity index (χ3v) is 3.62. The molecule has 1 heterocycles. The number of ether oxygens (including phenoxy) is 3. The van der Waals surface area contributed by atoms with E-state index in [-0.39, 0.29) is 24.9 Å². The lowest BCUT2D eigenvalue weighted by Gasteiger charge is -2.24. The van der Waals surface area contributed by atoms with Crippen LogP contribution in [-0.2, 0) is 27.8 Å². The van der Waals surface area contributed by atoms with Crippen LogP contribution in [-0.4, -0.2) is 52.4 Å². The lowest BCUT2D eigenvalue weighted by molar-refractivity contribution is -0.225. The quantitative estimate of drug-likeness (QED) is 0.624. The number of phosphoric acid groups is 1. The second-order valence-electron chi connectivity index (χ2n) is 3.71. The van der Waals surface area contributed by atoms with Crippen molar-refractivity contribution in [1.82, 2.24) is 0 Å². The molecule has 1 rings (SSSR count). The number of phosphoric ester groups is 1. The summed E-state index contributed by atoms with van der Waals surface area (Å²) in [6.45, 7) is 1.67. The summed E-state index contributed by atoms with van der Waals surface area (Å²) in [6.07, 6.45) is -1.31.